The van der Waals surface area contributed by atoms with E-state index in [4.69, 9.17) is 0 Å². The number of aryl methyl sites for hydroxylation is 2. The number of phenolic OH excluding ortho intramolecular Hbond substituents is 2. The molecule has 0 unspecified atom stereocenters. The largest absolute Gasteiger partial charge is 0.711 e. The van der Waals surface area contributed by atoms with Crippen LogP contribution in [0.15, 0.2) is 121 Å². The first-order valence-corrected chi connectivity index (χ1v) is 34.2. The fourth-order valence-electron chi connectivity index (χ4n) is 15.3. The van der Waals surface area contributed by atoms with Gasteiger partial charge in [0.2, 0.25) is 11.5 Å². The molecule has 10 aromatic rings. The Morgan fingerprint density at radius 1 is 0.358 bits per heavy atom. The van der Waals surface area contributed by atoms with Crippen LogP contribution in [0, 0.1) is 50.5 Å². The average molecular weight is 1280 g/mol. The maximum atomic E-state index is 16.5. The van der Waals surface area contributed by atoms with Gasteiger partial charge in [0.25, 0.3) is 0 Å². The van der Waals surface area contributed by atoms with E-state index in [0.29, 0.717) is 75.9 Å². The zero-order valence-electron chi connectivity index (χ0n) is 61.9. The van der Waals surface area contributed by atoms with E-state index < -0.39 is 22.5 Å². The molecule has 2 aromatic heterocycles. The van der Waals surface area contributed by atoms with Gasteiger partial charge in [-0.1, -0.05) is 201 Å². The number of aromatic nitrogens is 2. The van der Waals surface area contributed by atoms with E-state index in [1.54, 1.807) is 0 Å². The van der Waals surface area contributed by atoms with Gasteiger partial charge in [0, 0.05) is 43.8 Å². The van der Waals surface area contributed by atoms with Gasteiger partial charge in [-0.05, 0) is 190 Å². The predicted octanol–water partition coefficient (Wildman–Crippen LogP) is 25.3. The van der Waals surface area contributed by atoms with E-state index in [0.717, 1.165) is 67.6 Å². The third kappa shape index (κ3) is 13.9. The fraction of sp³-hybridized carbons (Fsp3) is 0.425. The summed E-state index contributed by atoms with van der Waals surface area (Å²) in [5.41, 5.74) is 13.5. The lowest BCUT2D eigenvalue weighted by molar-refractivity contribution is -0.0170. The van der Waals surface area contributed by atoms with Crippen LogP contribution in [0.4, 0.5) is 8.78 Å². The van der Waals surface area contributed by atoms with Crippen LogP contribution >= 0.6 is 0 Å². The number of fused-ring (bicyclic) bond motifs is 6. The molecular formula is C87H108F2N2O4. The molecule has 0 atom stereocenters. The van der Waals surface area contributed by atoms with E-state index in [2.05, 4.69) is 281 Å². The minimum Gasteiger partial charge on any atom is -0.711 e. The molecule has 8 aromatic carbocycles. The highest BCUT2D eigenvalue weighted by Crippen LogP contribution is 2.53. The van der Waals surface area contributed by atoms with Gasteiger partial charge in [-0.15, -0.1) is 0 Å². The van der Waals surface area contributed by atoms with Crippen molar-refractivity contribution in [1.82, 2.24) is 9.13 Å². The minimum absolute atomic E-state index is 0.0280. The van der Waals surface area contributed by atoms with Crippen molar-refractivity contribution in [1.29, 1.82) is 0 Å². The molecule has 0 radical (unpaired) electrons. The van der Waals surface area contributed by atoms with Crippen molar-refractivity contribution in [2.45, 2.75) is 218 Å². The van der Waals surface area contributed by atoms with Crippen molar-refractivity contribution in [3.8, 4) is 56.6 Å². The van der Waals surface area contributed by atoms with E-state index in [9.17, 15) is 10.2 Å². The Morgan fingerprint density at radius 2 is 0.632 bits per heavy atom. The molecule has 0 saturated carbocycles. The third-order valence-corrected chi connectivity index (χ3v) is 19.6. The molecular weight excluding hydrogens is 1170 g/mol. The van der Waals surface area contributed by atoms with E-state index in [1.165, 1.54) is 46.5 Å². The summed E-state index contributed by atoms with van der Waals surface area (Å²) in [5.74, 6) is 0.393. The molecule has 0 fully saturated rings. The summed E-state index contributed by atoms with van der Waals surface area (Å²) in [6.45, 7) is 53.6. The molecule has 0 aliphatic heterocycles. The van der Waals surface area contributed by atoms with Crippen LogP contribution in [0.1, 0.15) is 216 Å². The third-order valence-electron chi connectivity index (χ3n) is 19.6. The number of hydrogen-bond donors (Lipinski definition) is 2. The molecule has 0 aliphatic rings. The number of phenols is 2. The van der Waals surface area contributed by atoms with Crippen molar-refractivity contribution in [3.63, 3.8) is 0 Å². The molecule has 0 amide bonds. The minimum atomic E-state index is -0.435. The van der Waals surface area contributed by atoms with Gasteiger partial charge in [-0.2, -0.15) is 0 Å². The topological polar surface area (TPSA) is 55.7 Å². The number of benzene rings is 8. The highest BCUT2D eigenvalue weighted by atomic mass is 19.1. The standard InChI is InChI=1S/C87H108F2N2O4/c1-52-38-60(88)48-68(66-40-58(86(21,22)50-80(3,4)5)46-74(76(66)92)90-70-42-54(82(9,10)11)28-32-62(70)63-33-29-55(43-71(63)90)83(12,13)14)78(52)94(25)36-27-37-95(26)79-53(2)39-61(89)49-69(79)67-41-59(87(23,24)51-81(6,7)8)47-75(77(67)93)91-72-44-56(84(15,16)17)30-34-64(72)65-35-31-57(45-73(65)91)85(18,19)20/h28-35,38-49,92-93H,25-27,36-37,50-51H2,1-24H3. The van der Waals surface area contributed by atoms with Crippen LogP contribution in [-0.4, -0.2) is 32.6 Å². The second-order valence-electron chi connectivity index (χ2n) is 35.6. The zero-order chi connectivity index (χ0) is 70.2. The summed E-state index contributed by atoms with van der Waals surface area (Å²) < 4.78 is 43.5. The Balaban J connectivity index is 1.10. The van der Waals surface area contributed by atoms with Gasteiger partial charge in [0.15, 0.2) is 13.2 Å². The lowest BCUT2D eigenvalue weighted by atomic mass is 9.71. The lowest BCUT2D eigenvalue weighted by Crippen LogP contribution is -2.25. The predicted molar refractivity (Wildman–Crippen MR) is 400 cm³/mol. The Morgan fingerprint density at radius 3 is 0.884 bits per heavy atom. The highest BCUT2D eigenvalue weighted by Gasteiger charge is 2.36. The molecule has 2 heterocycles. The summed E-state index contributed by atoms with van der Waals surface area (Å²) in [6, 6.07) is 41.4. The summed E-state index contributed by atoms with van der Waals surface area (Å²) in [5, 5.41) is 31.0. The Kier molecular flexibility index (Phi) is 17.9. The Labute approximate surface area is 567 Å². The van der Waals surface area contributed by atoms with Crippen molar-refractivity contribution in [2.24, 2.45) is 10.8 Å². The molecule has 10 rings (SSSR count). The van der Waals surface area contributed by atoms with E-state index >= 15 is 8.78 Å². The summed E-state index contributed by atoms with van der Waals surface area (Å²) >= 11 is 0. The number of halogens is 2. The molecule has 2 N–H and O–H groups in total. The molecule has 0 bridgehead atoms. The van der Waals surface area contributed by atoms with Gasteiger partial charge in [0.05, 0.1) is 44.6 Å². The van der Waals surface area contributed by atoms with Crippen LogP contribution in [-0.2, 0) is 41.2 Å². The first-order valence-electron chi connectivity index (χ1n) is 34.2. The SMILES string of the molecule is [CH2-][O+](CCC[O+]([CH2-])c1c(C)cc(F)cc1-c1cc(C(C)(C)CC(C)(C)C)cc(-n2c3cc(C(C)(C)C)ccc3c3ccc(C(C)(C)C)cc32)c1O)c1c(C)cc(F)cc1-c1cc(C(C)(C)CC(C)(C)C)cc(-n2c3cc(C(C)(C)C)ccc3c3ccc(C(C)(C)C)cc32)c1O. The summed E-state index contributed by atoms with van der Waals surface area (Å²) in [6.07, 6.45) is 2.12. The normalized spacial score (nSPS) is 13.3. The maximum Gasteiger partial charge on any atom is 0.237 e. The van der Waals surface area contributed by atoms with Crippen LogP contribution in [0.25, 0.3) is 77.2 Å². The maximum absolute atomic E-state index is 16.5. The monoisotopic (exact) mass is 1280 g/mol. The van der Waals surface area contributed by atoms with Crippen LogP contribution in [0.3, 0.4) is 0 Å². The van der Waals surface area contributed by atoms with Gasteiger partial charge < -0.3 is 28.1 Å². The van der Waals surface area contributed by atoms with Gasteiger partial charge in [-0.3, -0.25) is 0 Å². The zero-order valence-corrected chi connectivity index (χ0v) is 61.9. The molecule has 504 valence electrons. The Hall–Kier alpha value is -7.58. The number of nitrogens with zero attached hydrogens (tertiary/aromatic N) is 2. The van der Waals surface area contributed by atoms with Crippen LogP contribution in [0.5, 0.6) is 23.0 Å². The molecule has 8 heteroatoms. The van der Waals surface area contributed by atoms with E-state index in [1.807, 2.05) is 13.8 Å². The van der Waals surface area contributed by atoms with E-state index in [-0.39, 0.29) is 44.0 Å². The molecule has 6 nitrogen and oxygen atoms in total. The average Bonchev–Trinajstić information content (AvgIpc) is 1.63. The number of aromatic hydroxyl groups is 2. The van der Waals surface area contributed by atoms with Gasteiger partial charge in [0.1, 0.15) is 29.6 Å². The number of hydrogen-bond acceptors (Lipinski definition) is 2. The van der Waals surface area contributed by atoms with Gasteiger partial charge in [-0.25, -0.2) is 8.78 Å². The molecule has 0 aliphatic carbocycles. The van der Waals surface area contributed by atoms with Crippen molar-refractivity contribution in [3.05, 3.63) is 192 Å². The van der Waals surface area contributed by atoms with Crippen molar-refractivity contribution < 1.29 is 27.7 Å². The second-order valence-corrected chi connectivity index (χ2v) is 35.6. The second kappa shape index (κ2) is 24.2. The summed E-state index contributed by atoms with van der Waals surface area (Å²) in [4.78, 5) is 0. The molecule has 0 spiro atoms. The van der Waals surface area contributed by atoms with Gasteiger partial charge >= 0.3 is 0 Å². The highest BCUT2D eigenvalue weighted by molar-refractivity contribution is 6.11. The van der Waals surface area contributed by atoms with Crippen LogP contribution < -0.4 is 0 Å². The van der Waals surface area contributed by atoms with Crippen LogP contribution in [0.2, 0.25) is 0 Å². The lowest BCUT2D eigenvalue weighted by Gasteiger charge is -2.35. The first kappa shape index (κ1) is 70.2. The smallest absolute Gasteiger partial charge is 0.237 e. The quantitative estimate of drug-likeness (QED) is 0.0842. The first-order chi connectivity index (χ1) is 43.6. The number of rotatable bonds is 14. The molecule has 0 saturated heterocycles. The van der Waals surface area contributed by atoms with Crippen molar-refractivity contribution >= 4 is 43.6 Å². The van der Waals surface area contributed by atoms with Crippen molar-refractivity contribution in [2.75, 3.05) is 13.2 Å². The molecule has 95 heavy (non-hydrogen) atoms. The summed E-state index contributed by atoms with van der Waals surface area (Å²) in [7, 11) is 9.22. The Bertz CT molecular complexity index is 4180. The fourth-order valence-corrected chi connectivity index (χ4v) is 15.3.